The molecule has 6 heteroatoms. The second kappa shape index (κ2) is 8.83. The lowest BCUT2D eigenvalue weighted by molar-refractivity contribution is -0.146. The van der Waals surface area contributed by atoms with Gasteiger partial charge in [-0.25, -0.2) is 4.79 Å². The lowest BCUT2D eigenvalue weighted by atomic mass is 9.55. The summed E-state index contributed by atoms with van der Waals surface area (Å²) in [6, 6.07) is 5.76. The number of methoxy groups -OCH3 is 2. The standard InChI is InChI=1S/C21H32N2O4/c1-4-27-19-13-18(21(19)10-6-5-7-11-21)23-20(24)22-14-15-8-9-16(25-2)17(12-15)26-3/h8-9,12,18-19H,4-7,10-11,13-14H2,1-3H3,(H2,22,23,24)/t18-,19-/m1/s1. The van der Waals surface area contributed by atoms with E-state index in [4.69, 9.17) is 14.2 Å². The molecule has 2 amide bonds. The molecule has 2 aliphatic carbocycles. The molecular formula is C21H32N2O4. The van der Waals surface area contributed by atoms with Crippen LogP contribution in [0.3, 0.4) is 0 Å². The summed E-state index contributed by atoms with van der Waals surface area (Å²) in [6.45, 7) is 3.23. The second-order valence-electron chi connectivity index (χ2n) is 7.54. The van der Waals surface area contributed by atoms with E-state index in [1.807, 2.05) is 25.1 Å². The highest BCUT2D eigenvalue weighted by Gasteiger charge is 2.56. The first-order valence-corrected chi connectivity index (χ1v) is 10.00. The monoisotopic (exact) mass is 376 g/mol. The van der Waals surface area contributed by atoms with Crippen LogP contribution in [0.1, 0.15) is 51.0 Å². The lowest BCUT2D eigenvalue weighted by Gasteiger charge is -2.57. The minimum absolute atomic E-state index is 0.116. The normalized spacial score (nSPS) is 23.4. The number of benzene rings is 1. The molecule has 0 aromatic heterocycles. The molecule has 1 aromatic rings. The molecule has 2 atom stereocenters. The Balaban J connectivity index is 1.55. The molecule has 0 unspecified atom stereocenters. The number of ether oxygens (including phenoxy) is 3. The van der Waals surface area contributed by atoms with E-state index in [0.29, 0.717) is 24.1 Å². The molecule has 6 nitrogen and oxygen atoms in total. The number of hydrogen-bond donors (Lipinski definition) is 2. The third kappa shape index (κ3) is 4.15. The van der Waals surface area contributed by atoms with Crippen molar-refractivity contribution in [3.8, 4) is 11.5 Å². The number of amides is 2. The molecule has 0 radical (unpaired) electrons. The summed E-state index contributed by atoms with van der Waals surface area (Å²) in [6.07, 6.45) is 7.26. The Morgan fingerprint density at radius 3 is 2.56 bits per heavy atom. The van der Waals surface area contributed by atoms with Crippen molar-refractivity contribution in [2.24, 2.45) is 5.41 Å². The Morgan fingerprint density at radius 2 is 1.89 bits per heavy atom. The Kier molecular flexibility index (Phi) is 6.47. The van der Waals surface area contributed by atoms with Crippen molar-refractivity contribution in [1.82, 2.24) is 10.6 Å². The van der Waals surface area contributed by atoms with Crippen LogP contribution in [0.25, 0.3) is 0 Å². The molecule has 2 saturated carbocycles. The lowest BCUT2D eigenvalue weighted by Crippen LogP contribution is -2.66. The quantitative estimate of drug-likeness (QED) is 0.762. The van der Waals surface area contributed by atoms with Gasteiger partial charge >= 0.3 is 6.03 Å². The van der Waals surface area contributed by atoms with Crippen molar-refractivity contribution < 1.29 is 19.0 Å². The third-order valence-corrected chi connectivity index (χ3v) is 6.14. The van der Waals surface area contributed by atoms with E-state index in [1.54, 1.807) is 14.2 Å². The van der Waals surface area contributed by atoms with Crippen LogP contribution in [-0.4, -0.2) is 39.0 Å². The molecule has 0 heterocycles. The third-order valence-electron chi connectivity index (χ3n) is 6.14. The van der Waals surface area contributed by atoms with Crippen molar-refractivity contribution in [2.75, 3.05) is 20.8 Å². The van der Waals surface area contributed by atoms with Crippen LogP contribution < -0.4 is 20.1 Å². The van der Waals surface area contributed by atoms with Crippen molar-refractivity contribution in [3.05, 3.63) is 23.8 Å². The van der Waals surface area contributed by atoms with Gasteiger partial charge in [0, 0.05) is 24.6 Å². The fraction of sp³-hybridized carbons (Fsp3) is 0.667. The average Bonchev–Trinajstić information content (AvgIpc) is 2.71. The number of rotatable bonds is 7. The van der Waals surface area contributed by atoms with Crippen LogP contribution in [0.15, 0.2) is 18.2 Å². The molecule has 150 valence electrons. The largest absolute Gasteiger partial charge is 0.493 e. The molecule has 3 rings (SSSR count). The van der Waals surface area contributed by atoms with E-state index in [0.717, 1.165) is 31.4 Å². The number of nitrogens with one attached hydrogen (secondary N) is 2. The van der Waals surface area contributed by atoms with Gasteiger partial charge in [0.05, 0.1) is 20.3 Å². The van der Waals surface area contributed by atoms with E-state index < -0.39 is 0 Å². The van der Waals surface area contributed by atoms with Gasteiger partial charge in [0.15, 0.2) is 11.5 Å². The van der Waals surface area contributed by atoms with Crippen LogP contribution in [-0.2, 0) is 11.3 Å². The Bertz CT molecular complexity index is 643. The van der Waals surface area contributed by atoms with Crippen LogP contribution in [0, 0.1) is 5.41 Å². The molecule has 0 saturated heterocycles. The first kappa shape index (κ1) is 19.8. The van der Waals surface area contributed by atoms with Gasteiger partial charge in [-0.1, -0.05) is 25.3 Å². The molecule has 1 aromatic carbocycles. The van der Waals surface area contributed by atoms with Crippen molar-refractivity contribution in [2.45, 2.75) is 64.1 Å². The minimum Gasteiger partial charge on any atom is -0.493 e. The molecule has 27 heavy (non-hydrogen) atoms. The van der Waals surface area contributed by atoms with Crippen molar-refractivity contribution in [1.29, 1.82) is 0 Å². The van der Waals surface area contributed by atoms with Crippen LogP contribution in [0.2, 0.25) is 0 Å². The summed E-state index contributed by atoms with van der Waals surface area (Å²) >= 11 is 0. The molecule has 0 aliphatic heterocycles. The first-order chi connectivity index (χ1) is 13.1. The predicted octanol–water partition coefficient (Wildman–Crippen LogP) is 3.63. The van der Waals surface area contributed by atoms with E-state index in [-0.39, 0.29) is 17.5 Å². The highest BCUT2D eigenvalue weighted by atomic mass is 16.5. The molecule has 2 fully saturated rings. The van der Waals surface area contributed by atoms with Gasteiger partial charge in [-0.05, 0) is 43.9 Å². The van der Waals surface area contributed by atoms with Gasteiger partial charge in [-0.2, -0.15) is 0 Å². The Labute approximate surface area is 161 Å². The Hall–Kier alpha value is -1.95. The van der Waals surface area contributed by atoms with Gasteiger partial charge in [-0.15, -0.1) is 0 Å². The van der Waals surface area contributed by atoms with E-state index in [1.165, 1.54) is 19.3 Å². The van der Waals surface area contributed by atoms with Crippen LogP contribution in [0.5, 0.6) is 11.5 Å². The fourth-order valence-electron chi connectivity index (χ4n) is 4.65. The van der Waals surface area contributed by atoms with E-state index >= 15 is 0 Å². The average molecular weight is 376 g/mol. The van der Waals surface area contributed by atoms with E-state index in [9.17, 15) is 4.79 Å². The zero-order valence-corrected chi connectivity index (χ0v) is 16.7. The Morgan fingerprint density at radius 1 is 1.15 bits per heavy atom. The molecule has 0 bridgehead atoms. The number of carbonyl (C=O) groups excluding carboxylic acids is 1. The number of urea groups is 1. The molecule has 2 aliphatic rings. The maximum Gasteiger partial charge on any atom is 0.315 e. The van der Waals surface area contributed by atoms with Gasteiger partial charge in [-0.3, -0.25) is 0 Å². The molecule has 2 N–H and O–H groups in total. The minimum atomic E-state index is -0.116. The summed E-state index contributed by atoms with van der Waals surface area (Å²) in [7, 11) is 3.22. The van der Waals surface area contributed by atoms with Gasteiger partial charge < -0.3 is 24.8 Å². The van der Waals surface area contributed by atoms with Crippen molar-refractivity contribution >= 4 is 6.03 Å². The fourth-order valence-corrected chi connectivity index (χ4v) is 4.65. The SMILES string of the molecule is CCO[C@@H]1C[C@@H](NC(=O)NCc2ccc(OC)c(OC)c2)C12CCCCC2. The van der Waals surface area contributed by atoms with Gasteiger partial charge in [0.2, 0.25) is 0 Å². The summed E-state index contributed by atoms with van der Waals surface area (Å²) < 4.78 is 16.5. The maximum atomic E-state index is 12.5. The highest BCUT2D eigenvalue weighted by molar-refractivity contribution is 5.74. The summed E-state index contributed by atoms with van der Waals surface area (Å²) in [5.74, 6) is 1.35. The smallest absolute Gasteiger partial charge is 0.315 e. The topological polar surface area (TPSA) is 68.8 Å². The summed E-state index contributed by atoms with van der Waals surface area (Å²) in [4.78, 5) is 12.5. The van der Waals surface area contributed by atoms with Crippen LogP contribution in [0.4, 0.5) is 4.79 Å². The summed E-state index contributed by atoms with van der Waals surface area (Å²) in [5.41, 5.74) is 1.10. The zero-order chi connectivity index (χ0) is 19.3. The maximum absolute atomic E-state index is 12.5. The molecular weight excluding hydrogens is 344 g/mol. The van der Waals surface area contributed by atoms with E-state index in [2.05, 4.69) is 10.6 Å². The number of carbonyl (C=O) groups is 1. The molecule has 1 spiro atoms. The van der Waals surface area contributed by atoms with Gasteiger partial charge in [0.1, 0.15) is 0 Å². The number of hydrogen-bond acceptors (Lipinski definition) is 4. The summed E-state index contributed by atoms with van der Waals surface area (Å²) in [5, 5.41) is 6.17. The zero-order valence-electron chi connectivity index (χ0n) is 16.7. The van der Waals surface area contributed by atoms with Crippen molar-refractivity contribution in [3.63, 3.8) is 0 Å². The highest BCUT2D eigenvalue weighted by Crippen LogP contribution is 2.53. The van der Waals surface area contributed by atoms with Crippen LogP contribution >= 0.6 is 0 Å². The second-order valence-corrected chi connectivity index (χ2v) is 7.54. The predicted molar refractivity (Wildman–Crippen MR) is 104 cm³/mol. The first-order valence-electron chi connectivity index (χ1n) is 10.00. The van der Waals surface area contributed by atoms with Gasteiger partial charge in [0.25, 0.3) is 0 Å².